The molecule has 12 fully saturated rings. The van der Waals surface area contributed by atoms with Crippen LogP contribution in [0.3, 0.4) is 0 Å². The largest absolute Gasteiger partial charge is 0.394 e. The Kier molecular flexibility index (Phi) is 40.0. The summed E-state index contributed by atoms with van der Waals surface area (Å²) in [4.78, 5) is 12.5. The van der Waals surface area contributed by atoms with E-state index in [1.807, 2.05) is 0 Å². The highest BCUT2D eigenvalue weighted by Gasteiger charge is 2.63. The number of carbonyl (C=O) groups excluding carboxylic acids is 1. The molecule has 12 rings (SSSR count). The third-order valence-corrected chi connectivity index (χ3v) is 25.5. The fourth-order valence-corrected chi connectivity index (χ4v) is 17.4. The maximum Gasteiger partial charge on any atom is 0.217 e. The molecule has 136 heavy (non-hydrogen) atoms. The number of hydrogen-bond donors (Lipinski definition) is 38. The van der Waals surface area contributed by atoms with Gasteiger partial charge < -0.3 is 303 Å². The van der Waals surface area contributed by atoms with Gasteiger partial charge in [0.15, 0.2) is 75.5 Å². The van der Waals surface area contributed by atoms with Gasteiger partial charge in [-0.2, -0.15) is 0 Å². The molecule has 12 aliphatic rings. The molecule has 0 aromatic rings. The van der Waals surface area contributed by atoms with Crippen molar-refractivity contribution in [3.63, 3.8) is 0 Å². The van der Waals surface area contributed by atoms with Crippen molar-refractivity contribution in [3.05, 3.63) is 0 Å². The lowest BCUT2D eigenvalue weighted by Crippen LogP contribution is -2.69. The molecule has 12 saturated heterocycles. The van der Waals surface area contributed by atoms with Crippen LogP contribution in [0.15, 0.2) is 0 Å². The molecule has 1 amide bonds. The third-order valence-electron chi connectivity index (χ3n) is 25.5. The molecule has 12 aliphatic heterocycles. The number of aliphatic hydroxyl groups excluding tert-OH is 37. The minimum atomic E-state index is -2.65. The minimum Gasteiger partial charge on any atom is -0.394 e. The topological polar surface area (TPSA) is 990 Å². The summed E-state index contributed by atoms with van der Waals surface area (Å²) in [6.07, 6.45) is -131. The Morgan fingerprint density at radius 2 is 0.390 bits per heavy atom. The van der Waals surface area contributed by atoms with E-state index in [-0.39, 0.29) is 0 Å². The van der Waals surface area contributed by atoms with Crippen LogP contribution in [0, 0.1) is 0 Å². The summed E-state index contributed by atoms with van der Waals surface area (Å²) >= 11 is 0. The van der Waals surface area contributed by atoms with E-state index in [0.29, 0.717) is 0 Å². The fourth-order valence-electron chi connectivity index (χ4n) is 17.4. The number of amides is 1. The van der Waals surface area contributed by atoms with Crippen molar-refractivity contribution in [2.75, 3.05) is 79.3 Å². The summed E-state index contributed by atoms with van der Waals surface area (Å²) in [6.45, 7) is -13.0. The average molecular weight is 2000 g/mol. The second-order valence-corrected chi connectivity index (χ2v) is 34.5. The zero-order valence-corrected chi connectivity index (χ0v) is 71.5. The molecule has 38 N–H and O–H groups in total. The third kappa shape index (κ3) is 23.7. The number of aliphatic hydroxyl groups is 37. The van der Waals surface area contributed by atoms with Gasteiger partial charge in [0.2, 0.25) is 5.91 Å². The number of hydrogen-bond acceptors (Lipinski definition) is 61. The van der Waals surface area contributed by atoms with Crippen LogP contribution in [-0.2, 0) is 114 Å². The van der Waals surface area contributed by atoms with Gasteiger partial charge in [0.05, 0.1) is 79.3 Å². The SMILES string of the molecule is CC(=O)N[C@H]1C(O)O[C@H](CO)[C@@H](O[C@@H]2O[C@H](CO[C@H]3O[C@H](CO[C@H]4O[C@H](CO[C@H]5O[C@H](CO)[C@@H](O)[C@H](O)[C@@H]5O[C@H]5O[C@H](CO)[C@@H](O)[C@H](O)[C@@H]5O)[C@@H](O)[C@H](O)[C@@H]4O[C@H]4O[C@H](CO)[C@@H](O)[C@H](O)[C@@H]4O)[C@@H](O)[C@H](O[C@H]4O[C@H](CO)[C@@H](O)[C@H](O)[C@@H]4O)[C@@H]3O)[C@@H](O)[C@H](O[C@H]3O[C@H](CO)[C@@H](O)[C@H](O)[C@@H]3O[C@H]3O[C@H](CO)[C@@H](O)[C@H](O)[C@@H]3O[C@H]3O[C@H](CO)[C@@H](O)[C@H](O[C@H]4O[C@H](CO)[C@@H](O)[C@H](O)[C@@H]4O)[C@@H]3O)[C@@H]2O)[C@@H]1O. The van der Waals surface area contributed by atoms with Crippen molar-refractivity contribution in [1.82, 2.24) is 5.32 Å². The van der Waals surface area contributed by atoms with E-state index in [4.69, 9.17) is 109 Å². The molecule has 0 radical (unpaired) electrons. The highest BCUT2D eigenvalue weighted by molar-refractivity contribution is 5.73. The predicted octanol–water partition coefficient (Wildman–Crippen LogP) is -27.0. The second kappa shape index (κ2) is 48.6. The number of nitrogens with one attached hydrogen (secondary N) is 1. The molecule has 792 valence electrons. The summed E-state index contributed by atoms with van der Waals surface area (Å²) in [5.74, 6) is -0.918. The van der Waals surface area contributed by atoms with Crippen molar-refractivity contribution in [3.8, 4) is 0 Å². The lowest BCUT2D eigenvalue weighted by atomic mass is 9.94. The van der Waals surface area contributed by atoms with Gasteiger partial charge in [0.1, 0.15) is 293 Å². The Bertz CT molecular complexity index is 3590. The standard InChI is InChI=1S/C74H125NO61/c1-14(85)75-27-39(97)55(23(10-84)117-63(27)113)129-70-54(112)58(132-73-62(46(104)34(92)20(7-81)124-73)136-74-61(45(103)33(91)21(8-82)125-74)135-69-53(111)56(36(94)22(9-83)122-69)130-65-48(106)40(98)28(86)15(2-76)118-65)38(96)26(127-70)12-114-64-52(110)57(131-66-49(107)41(99)29(87)16(3-77)119-66)37(95)25(126-64)13-116-72-60(134-68-51(109)43(101)31(89)18(5-79)121-68)47(105)35(93)24(128-72)11-115-71-59(44(102)32(90)19(6-80)123-71)133-67-50(108)42(100)30(88)17(4-78)120-67/h15-74,76-84,86-113H,2-13H2,1H3,(H,75,85)/t15-,16-,17-,18-,19-,20-,21-,22-,23-,24-,25-,26-,27-,28-,29-,30-,31-,32-,33-,34-,35-,36-,37-,38-,39-,40+,41+,42+,43+,44+,45+,46+,47+,48+,49+,50+,51+,52+,53+,54+,55-,56+,57+,58+,59+,60+,61+,62+,63?,64+,65-,66-,67-,68-,69-,70+,71+,72+,73-,74-/m1/s1. The van der Waals surface area contributed by atoms with E-state index in [1.165, 1.54) is 0 Å². The monoisotopic (exact) mass is 2000 g/mol. The molecule has 0 saturated carbocycles. The number of ether oxygens (including phenoxy) is 23. The highest BCUT2D eigenvalue weighted by Crippen LogP contribution is 2.42. The van der Waals surface area contributed by atoms with Crippen LogP contribution >= 0.6 is 0 Å². The van der Waals surface area contributed by atoms with Crippen LogP contribution in [0.25, 0.3) is 0 Å². The average Bonchev–Trinajstić information content (AvgIpc) is 0.750. The van der Waals surface area contributed by atoms with Crippen molar-refractivity contribution in [1.29, 1.82) is 0 Å². The molecule has 62 nitrogen and oxygen atoms in total. The van der Waals surface area contributed by atoms with Crippen molar-refractivity contribution in [2.24, 2.45) is 0 Å². The molecular weight excluding hydrogens is 1880 g/mol. The molecule has 1 unspecified atom stereocenters. The normalized spacial score (nSPS) is 52.8. The van der Waals surface area contributed by atoms with Crippen molar-refractivity contribution < 1.29 is 303 Å². The Hall–Kier alpha value is -2.93. The first-order chi connectivity index (χ1) is 64.5. The zero-order valence-electron chi connectivity index (χ0n) is 71.5. The highest BCUT2D eigenvalue weighted by atomic mass is 16.8. The first-order valence-electron chi connectivity index (χ1n) is 43.2. The van der Waals surface area contributed by atoms with Crippen molar-refractivity contribution in [2.45, 2.75) is 375 Å². The van der Waals surface area contributed by atoms with E-state index in [2.05, 4.69) is 5.32 Å². The van der Waals surface area contributed by atoms with E-state index < -0.39 is 454 Å². The van der Waals surface area contributed by atoms with Crippen LogP contribution in [0.1, 0.15) is 6.92 Å². The summed E-state index contributed by atoms with van der Waals surface area (Å²) in [6, 6.07) is -1.86. The molecule has 0 aromatic carbocycles. The van der Waals surface area contributed by atoms with Crippen LogP contribution < -0.4 is 5.32 Å². The van der Waals surface area contributed by atoms with Gasteiger partial charge in [0, 0.05) is 6.92 Å². The lowest BCUT2D eigenvalue weighted by molar-refractivity contribution is -0.410. The maximum absolute atomic E-state index is 12.7. The molecule has 0 spiro atoms. The van der Waals surface area contributed by atoms with Gasteiger partial charge in [-0.1, -0.05) is 0 Å². The van der Waals surface area contributed by atoms with Crippen LogP contribution in [-0.4, -0.2) is 643 Å². The quantitative estimate of drug-likeness (QED) is 0.0280. The van der Waals surface area contributed by atoms with Gasteiger partial charge in [-0.05, 0) is 0 Å². The first-order valence-corrected chi connectivity index (χ1v) is 43.2. The van der Waals surface area contributed by atoms with Crippen LogP contribution in [0.2, 0.25) is 0 Å². The van der Waals surface area contributed by atoms with E-state index in [0.717, 1.165) is 6.92 Å². The Balaban J connectivity index is 0.859. The van der Waals surface area contributed by atoms with E-state index in [1.54, 1.807) is 0 Å². The molecule has 0 aliphatic carbocycles. The summed E-state index contributed by atoms with van der Waals surface area (Å²) in [5, 5.41) is 414. The molecule has 0 aromatic heterocycles. The Morgan fingerprint density at radius 1 is 0.191 bits per heavy atom. The molecule has 60 atom stereocenters. The zero-order chi connectivity index (χ0) is 99.7. The van der Waals surface area contributed by atoms with Gasteiger partial charge in [-0.3, -0.25) is 4.79 Å². The predicted molar refractivity (Wildman–Crippen MR) is 407 cm³/mol. The van der Waals surface area contributed by atoms with Gasteiger partial charge in [0.25, 0.3) is 0 Å². The minimum absolute atomic E-state index is 0.918. The summed E-state index contributed by atoms with van der Waals surface area (Å²) in [5.41, 5.74) is 0. The Morgan fingerprint density at radius 3 is 0.706 bits per heavy atom. The second-order valence-electron chi connectivity index (χ2n) is 34.5. The summed E-state index contributed by atoms with van der Waals surface area (Å²) in [7, 11) is 0. The smallest absolute Gasteiger partial charge is 0.217 e. The van der Waals surface area contributed by atoms with Crippen molar-refractivity contribution >= 4 is 5.91 Å². The van der Waals surface area contributed by atoms with E-state index >= 15 is 0 Å². The fraction of sp³-hybridized carbons (Fsp3) is 0.986. The lowest BCUT2D eigenvalue weighted by Gasteiger charge is -2.50. The summed E-state index contributed by atoms with van der Waals surface area (Å²) < 4.78 is 134. The number of carbonyl (C=O) groups is 1. The van der Waals surface area contributed by atoms with Gasteiger partial charge >= 0.3 is 0 Å². The first kappa shape index (κ1) is 112. The van der Waals surface area contributed by atoms with Crippen LogP contribution in [0.5, 0.6) is 0 Å². The molecular formula is C74H125NO61. The Labute approximate surface area is 766 Å². The van der Waals surface area contributed by atoms with Gasteiger partial charge in [-0.25, -0.2) is 0 Å². The maximum atomic E-state index is 12.7. The molecule has 12 heterocycles. The molecule has 0 bridgehead atoms. The molecule has 62 heteroatoms. The van der Waals surface area contributed by atoms with Crippen LogP contribution in [0.4, 0.5) is 0 Å². The van der Waals surface area contributed by atoms with E-state index in [9.17, 15) is 194 Å². The number of rotatable bonds is 35. The van der Waals surface area contributed by atoms with Gasteiger partial charge in [-0.15, -0.1) is 0 Å².